The average Bonchev–Trinajstić information content (AvgIpc) is 2.27. The van der Waals surface area contributed by atoms with Crippen molar-refractivity contribution in [2.45, 2.75) is 50.0 Å². The minimum atomic E-state index is 0. The highest BCUT2D eigenvalue weighted by Gasteiger charge is 2.16. The van der Waals surface area contributed by atoms with E-state index in [0.717, 1.165) is 47.7 Å². The lowest BCUT2D eigenvalue weighted by molar-refractivity contribution is 1.33. The molecule has 0 aromatic carbocycles. The molecule has 0 aliphatic carbocycles. The smallest absolute Gasteiger partial charge is 0.0325 e. The molecule has 0 aliphatic rings. The lowest BCUT2D eigenvalue weighted by Gasteiger charge is -2.24. The monoisotopic (exact) mass is 498 g/mol. The van der Waals surface area contributed by atoms with E-state index in [2.05, 4.69) is 87.0 Å². The summed E-state index contributed by atoms with van der Waals surface area (Å²) in [5, 5.41) is 0.757. The fourth-order valence-corrected chi connectivity index (χ4v) is 11.5. The van der Waals surface area contributed by atoms with Crippen LogP contribution in [0.5, 0.6) is 0 Å². The van der Waals surface area contributed by atoms with E-state index >= 15 is 0 Å². The van der Waals surface area contributed by atoms with Crippen molar-refractivity contribution in [3.63, 3.8) is 0 Å². The highest BCUT2D eigenvalue weighted by Crippen LogP contribution is 2.58. The second-order valence-corrected chi connectivity index (χ2v) is 24.4. The molecule has 0 saturated heterocycles. The van der Waals surface area contributed by atoms with E-state index < -0.39 is 0 Å². The van der Waals surface area contributed by atoms with Crippen LogP contribution in [0.2, 0.25) is 0 Å². The van der Waals surface area contributed by atoms with Crippen LogP contribution in [0.25, 0.3) is 0 Å². The predicted molar refractivity (Wildman–Crippen MR) is 152 cm³/mol. The van der Waals surface area contributed by atoms with Crippen LogP contribution in [-0.4, -0.2) is 40.6 Å². The van der Waals surface area contributed by atoms with E-state index in [9.17, 15) is 0 Å². The second kappa shape index (κ2) is 23.3. The Balaban J connectivity index is -0.0000000670. The minimum Gasteiger partial charge on any atom is -0.130 e. The number of rotatable bonds is 6. The van der Waals surface area contributed by atoms with Crippen molar-refractivity contribution in [2.75, 3.05) is 26.2 Å². The molecule has 22 heavy (non-hydrogen) atoms. The molecule has 0 amide bonds. The molecule has 0 rings (SSSR count). The Morgan fingerprint density at radius 1 is 1.00 bits per heavy atom. The van der Waals surface area contributed by atoms with Crippen molar-refractivity contribution < 1.29 is 0 Å². The molecular formula is C12H44P10. The van der Waals surface area contributed by atoms with Gasteiger partial charge in [-0.1, -0.05) is 45.6 Å². The van der Waals surface area contributed by atoms with Gasteiger partial charge < -0.3 is 0 Å². The first-order valence-electron chi connectivity index (χ1n) is 6.41. The SMILES string of the molecule is C.C.CCPC.CPC(P)(P)PC(C)P.CPPC(C)(P)P. The van der Waals surface area contributed by atoms with Crippen molar-refractivity contribution in [3.05, 3.63) is 0 Å². The van der Waals surface area contributed by atoms with Gasteiger partial charge in [-0.3, -0.25) is 0 Å². The van der Waals surface area contributed by atoms with Gasteiger partial charge in [0.25, 0.3) is 0 Å². The molecule has 0 aromatic rings. The minimum absolute atomic E-state index is 0. The molecule has 0 nitrogen and oxygen atoms in total. The standard InChI is InChI=1S/C4H15P5.C3H12P4.C3H9P.2CH4/c1-3(5)9-4(6,7)8-2;1-3(4,5)7-6-2;1-3-4-2;;/h3,8-9H,5-7H2,1-2H3;6-7H,4-5H2,1-2H3;4H,3H2,1-2H3;2*1H4. The Morgan fingerprint density at radius 2 is 1.36 bits per heavy atom. The van der Waals surface area contributed by atoms with Gasteiger partial charge in [0.05, 0.1) is 0 Å². The Labute approximate surface area is 164 Å². The van der Waals surface area contributed by atoms with Gasteiger partial charge in [-0.15, -0.1) is 71.6 Å². The van der Waals surface area contributed by atoms with E-state index in [-0.39, 0.29) is 14.9 Å². The molecule has 11 unspecified atom stereocenters. The number of hydrogen-bond donors (Lipinski definition) is 0. The summed E-state index contributed by atoms with van der Waals surface area (Å²) >= 11 is 0. The fourth-order valence-electron chi connectivity index (χ4n) is 0.718. The molecule has 0 fully saturated rings. The van der Waals surface area contributed by atoms with Gasteiger partial charge in [-0.05, 0) is 38.5 Å². The summed E-state index contributed by atoms with van der Waals surface area (Å²) in [5.41, 5.74) is 0. The van der Waals surface area contributed by atoms with Gasteiger partial charge in [0.15, 0.2) is 0 Å². The summed E-state index contributed by atoms with van der Waals surface area (Å²) in [4.78, 5) is 0. The lowest BCUT2D eigenvalue weighted by atomic mass is 10.9. The third kappa shape index (κ3) is 44.1. The molecule has 11 atom stereocenters. The topological polar surface area (TPSA) is 0 Å². The van der Waals surface area contributed by atoms with Crippen LogP contribution in [-0.2, 0) is 0 Å². The maximum absolute atomic E-state index is 2.91. The van der Waals surface area contributed by atoms with Gasteiger partial charge in [-0.25, -0.2) is 0 Å². The normalized spacial score (nSPS) is 14.3. The first-order chi connectivity index (χ1) is 8.95. The van der Waals surface area contributed by atoms with Crippen LogP contribution >= 0.6 is 88.5 Å². The van der Waals surface area contributed by atoms with Gasteiger partial charge >= 0.3 is 0 Å². The van der Waals surface area contributed by atoms with Gasteiger partial charge in [-0.2, -0.15) is 0 Å². The molecular weight excluding hydrogens is 454 g/mol. The van der Waals surface area contributed by atoms with Crippen LogP contribution in [0.15, 0.2) is 0 Å². The van der Waals surface area contributed by atoms with Crippen LogP contribution in [0.3, 0.4) is 0 Å². The fraction of sp³-hybridized carbons (Fsp3) is 1.00. The third-order valence-electron chi connectivity index (χ3n) is 1.63. The zero-order valence-electron chi connectivity index (χ0n) is 13.7. The molecule has 0 aromatic heterocycles. The quantitative estimate of drug-likeness (QED) is 0.334. The van der Waals surface area contributed by atoms with Crippen LogP contribution in [0, 0.1) is 0 Å². The molecule has 0 bridgehead atoms. The van der Waals surface area contributed by atoms with Crippen LogP contribution < -0.4 is 0 Å². The highest BCUT2D eigenvalue weighted by molar-refractivity contribution is 8.15. The van der Waals surface area contributed by atoms with Gasteiger partial charge in [0, 0.05) is 9.02 Å². The Kier molecular flexibility index (Phi) is 39.4. The van der Waals surface area contributed by atoms with Crippen molar-refractivity contribution >= 4 is 88.5 Å². The molecule has 142 valence electrons. The summed E-state index contributed by atoms with van der Waals surface area (Å²) in [6, 6.07) is 0. The second-order valence-electron chi connectivity index (χ2n) is 4.42. The summed E-state index contributed by atoms with van der Waals surface area (Å²) in [6.45, 7) is 13.4. The Hall–Kier alpha value is 4.30. The molecule has 0 radical (unpaired) electrons. The molecule has 0 spiro atoms. The van der Waals surface area contributed by atoms with Gasteiger partial charge in [0.2, 0.25) is 0 Å². The summed E-state index contributed by atoms with van der Waals surface area (Å²) in [7, 11) is 19.6. The van der Waals surface area contributed by atoms with Crippen molar-refractivity contribution in [3.8, 4) is 0 Å². The summed E-state index contributed by atoms with van der Waals surface area (Å²) in [5.74, 6) is 0. The predicted octanol–water partition coefficient (Wildman–Crippen LogP) is 7.45. The van der Waals surface area contributed by atoms with Gasteiger partial charge in [0.1, 0.15) is 0 Å². The molecule has 10 heteroatoms. The Morgan fingerprint density at radius 3 is 1.41 bits per heavy atom. The summed E-state index contributed by atoms with van der Waals surface area (Å²) < 4.78 is 0.856. The van der Waals surface area contributed by atoms with Crippen molar-refractivity contribution in [2.24, 2.45) is 0 Å². The Bertz CT molecular complexity index is 189. The third-order valence-corrected chi connectivity index (χ3v) is 14.3. The maximum atomic E-state index is 2.91. The zero-order chi connectivity index (χ0) is 16.8. The number of hydrogen-bond acceptors (Lipinski definition) is 0. The largest absolute Gasteiger partial charge is 0.130 e. The highest BCUT2D eigenvalue weighted by atomic mass is 32.0. The van der Waals surface area contributed by atoms with Crippen LogP contribution in [0.1, 0.15) is 35.6 Å². The van der Waals surface area contributed by atoms with E-state index in [1.807, 2.05) is 0 Å². The zero-order valence-corrected chi connectivity index (χ0v) is 24.4. The first-order valence-corrected chi connectivity index (χ1v) is 17.2. The molecule has 0 heterocycles. The van der Waals surface area contributed by atoms with Crippen molar-refractivity contribution in [1.29, 1.82) is 0 Å². The molecule has 0 N–H and O–H groups in total. The lowest BCUT2D eigenvalue weighted by Crippen LogP contribution is -1.95. The van der Waals surface area contributed by atoms with E-state index in [1.165, 1.54) is 6.16 Å². The summed E-state index contributed by atoms with van der Waals surface area (Å²) in [6.07, 6.45) is 1.35. The van der Waals surface area contributed by atoms with E-state index in [4.69, 9.17) is 0 Å². The maximum Gasteiger partial charge on any atom is 0.0325 e. The van der Waals surface area contributed by atoms with E-state index in [0.29, 0.717) is 9.02 Å². The average molecular weight is 498 g/mol. The first kappa shape index (κ1) is 37.1. The van der Waals surface area contributed by atoms with Crippen molar-refractivity contribution in [1.82, 2.24) is 0 Å². The molecule has 0 saturated carbocycles. The van der Waals surface area contributed by atoms with E-state index in [1.54, 1.807) is 0 Å². The molecule has 0 aliphatic heterocycles. The van der Waals surface area contributed by atoms with Crippen LogP contribution in [0.4, 0.5) is 0 Å².